The summed E-state index contributed by atoms with van der Waals surface area (Å²) in [7, 11) is 0. The van der Waals surface area contributed by atoms with Gasteiger partial charge in [0, 0.05) is 12.6 Å². The summed E-state index contributed by atoms with van der Waals surface area (Å²) in [4.78, 5) is 37.2. The number of carbonyl (C=O) groups excluding carboxylic acids is 3. The first-order valence-electron chi connectivity index (χ1n) is 9.17. The number of hydrogen-bond donors (Lipinski definition) is 5. The Hall–Kier alpha value is -3.54. The predicted molar refractivity (Wildman–Crippen MR) is 109 cm³/mol. The molecule has 0 bridgehead atoms. The van der Waals surface area contributed by atoms with Crippen molar-refractivity contribution in [2.24, 2.45) is 5.92 Å². The molecule has 0 heterocycles. The summed E-state index contributed by atoms with van der Waals surface area (Å²) in [5, 5.41) is 30.7. The van der Waals surface area contributed by atoms with Crippen LogP contribution in [-0.2, 0) is 20.8 Å². The third-order valence-corrected chi connectivity index (χ3v) is 3.98. The molecule has 1 unspecified atom stereocenters. The number of benzene rings is 1. The highest BCUT2D eigenvalue weighted by Crippen LogP contribution is 2.08. The molecule has 0 saturated carbocycles. The van der Waals surface area contributed by atoms with Gasteiger partial charge in [-0.3, -0.25) is 19.8 Å². The third-order valence-electron chi connectivity index (χ3n) is 3.98. The zero-order valence-electron chi connectivity index (χ0n) is 16.5. The van der Waals surface area contributed by atoms with Gasteiger partial charge in [0.2, 0.25) is 11.8 Å². The van der Waals surface area contributed by atoms with Crippen LogP contribution in [0.1, 0.15) is 25.8 Å². The smallest absolute Gasteiger partial charge is 0.271 e. The highest BCUT2D eigenvalue weighted by Gasteiger charge is 2.28. The van der Waals surface area contributed by atoms with Crippen LogP contribution in [0.3, 0.4) is 0 Å². The van der Waals surface area contributed by atoms with Gasteiger partial charge in [0.05, 0.1) is 6.07 Å². The average Bonchev–Trinajstić information content (AvgIpc) is 2.70. The van der Waals surface area contributed by atoms with Crippen LogP contribution in [0.15, 0.2) is 30.3 Å². The van der Waals surface area contributed by atoms with Crippen molar-refractivity contribution in [3.05, 3.63) is 35.9 Å². The second-order valence-corrected chi connectivity index (χ2v) is 6.84. The molecule has 0 spiro atoms. The number of nitrogens with one attached hydrogen (secondary N) is 5. The maximum Gasteiger partial charge on any atom is 0.271 e. The maximum absolute atomic E-state index is 12.9. The molecular weight excluding hydrogens is 372 g/mol. The van der Waals surface area contributed by atoms with Gasteiger partial charge in [0.15, 0.2) is 0 Å². The summed E-state index contributed by atoms with van der Waals surface area (Å²) in [5.74, 6) is -1.82. The summed E-state index contributed by atoms with van der Waals surface area (Å²) in [5.41, 5.74) is 0.199. The molecule has 2 atom stereocenters. The van der Waals surface area contributed by atoms with E-state index in [1.54, 1.807) is 24.3 Å². The molecule has 9 heteroatoms. The first kappa shape index (κ1) is 23.5. The van der Waals surface area contributed by atoms with E-state index in [1.807, 2.05) is 26.0 Å². The minimum Gasteiger partial charge on any atom is -0.342 e. The van der Waals surface area contributed by atoms with E-state index >= 15 is 0 Å². The van der Waals surface area contributed by atoms with E-state index in [1.165, 1.54) is 0 Å². The Kier molecular flexibility index (Phi) is 9.74. The monoisotopic (exact) mass is 398 g/mol. The summed E-state index contributed by atoms with van der Waals surface area (Å²) < 4.78 is 0. The van der Waals surface area contributed by atoms with E-state index in [9.17, 15) is 14.4 Å². The lowest BCUT2D eigenvalue weighted by atomic mass is 10.0. The van der Waals surface area contributed by atoms with E-state index in [-0.39, 0.29) is 18.9 Å². The first-order chi connectivity index (χ1) is 13.8. The van der Waals surface area contributed by atoms with Crippen molar-refractivity contribution in [3.63, 3.8) is 0 Å². The third kappa shape index (κ3) is 8.34. The van der Waals surface area contributed by atoms with Crippen molar-refractivity contribution in [1.82, 2.24) is 16.0 Å². The molecule has 29 heavy (non-hydrogen) atoms. The van der Waals surface area contributed by atoms with Crippen molar-refractivity contribution in [2.45, 2.75) is 38.8 Å². The summed E-state index contributed by atoms with van der Waals surface area (Å²) in [6.45, 7) is 3.61. The molecule has 0 aromatic heterocycles. The Morgan fingerprint density at radius 3 is 2.31 bits per heavy atom. The Bertz CT molecular complexity index is 785. The second-order valence-electron chi connectivity index (χ2n) is 6.84. The molecule has 0 aliphatic heterocycles. The van der Waals surface area contributed by atoms with Crippen LogP contribution in [0.25, 0.3) is 0 Å². The molecule has 0 saturated heterocycles. The van der Waals surface area contributed by atoms with Gasteiger partial charge in [-0.05, 0) is 17.9 Å². The molecule has 154 valence electrons. The van der Waals surface area contributed by atoms with E-state index in [2.05, 4.69) is 16.0 Å². The molecule has 0 aliphatic carbocycles. The van der Waals surface area contributed by atoms with Crippen molar-refractivity contribution in [2.75, 3.05) is 6.54 Å². The Balaban J connectivity index is 3.00. The van der Waals surface area contributed by atoms with Gasteiger partial charge >= 0.3 is 0 Å². The Morgan fingerprint density at radius 1 is 1.10 bits per heavy atom. The van der Waals surface area contributed by atoms with Crippen LogP contribution < -0.4 is 16.0 Å². The molecule has 3 amide bonds. The number of hydrogen-bond acceptors (Lipinski definition) is 6. The minimum atomic E-state index is -1.04. The highest BCUT2D eigenvalue weighted by atomic mass is 16.2. The van der Waals surface area contributed by atoms with Crippen LogP contribution in [0.4, 0.5) is 0 Å². The normalized spacial score (nSPS) is 12.2. The van der Waals surface area contributed by atoms with Gasteiger partial charge in [-0.15, -0.1) is 0 Å². The van der Waals surface area contributed by atoms with Crippen LogP contribution >= 0.6 is 0 Å². The van der Waals surface area contributed by atoms with Gasteiger partial charge in [0.1, 0.15) is 24.3 Å². The first-order valence-corrected chi connectivity index (χ1v) is 9.17. The molecule has 1 aromatic rings. The lowest BCUT2D eigenvalue weighted by Gasteiger charge is -2.24. The summed E-state index contributed by atoms with van der Waals surface area (Å²) in [6.07, 6.45) is 1.09. The summed E-state index contributed by atoms with van der Waals surface area (Å²) >= 11 is 0. The van der Waals surface area contributed by atoms with E-state index in [4.69, 9.17) is 16.1 Å². The minimum absolute atomic E-state index is 0.0985. The van der Waals surface area contributed by atoms with Gasteiger partial charge < -0.3 is 21.4 Å². The average molecular weight is 398 g/mol. The maximum atomic E-state index is 12.9. The van der Waals surface area contributed by atoms with Crippen LogP contribution in [0, 0.1) is 28.1 Å². The standard InChI is InChI=1S/C20H26N6O3/c1-13(2)10-16(19(28)24-9-8-21)26-20(29)17(25-18(27)15(23)12-22)11-14-6-4-3-5-7-14/h3-7,12-13,16-17,22-23H,9-11H2,1-2H3,(H,24,28)(H,25,27)(H,26,29)/t16-,17?/m0/s1. The van der Waals surface area contributed by atoms with E-state index in [0.717, 1.165) is 5.56 Å². The van der Waals surface area contributed by atoms with Crippen LogP contribution in [0.5, 0.6) is 0 Å². The van der Waals surface area contributed by atoms with E-state index in [0.29, 0.717) is 12.6 Å². The molecule has 0 aliphatic rings. The number of amides is 3. The fourth-order valence-corrected chi connectivity index (χ4v) is 2.59. The lowest BCUT2D eigenvalue weighted by molar-refractivity contribution is -0.131. The molecule has 1 aromatic carbocycles. The SMILES string of the molecule is CC(C)C[C@H](NC(=O)C(Cc1ccccc1)NC(=O)C(=N)C=N)C(=O)NCC#N. The molecule has 5 N–H and O–H groups in total. The fraction of sp³-hybridized carbons (Fsp3) is 0.400. The Morgan fingerprint density at radius 2 is 1.76 bits per heavy atom. The van der Waals surface area contributed by atoms with Crippen molar-refractivity contribution >= 4 is 29.6 Å². The van der Waals surface area contributed by atoms with Crippen molar-refractivity contribution < 1.29 is 14.4 Å². The summed E-state index contributed by atoms with van der Waals surface area (Å²) in [6, 6.07) is 8.90. The van der Waals surface area contributed by atoms with Crippen LogP contribution in [0.2, 0.25) is 0 Å². The molecule has 9 nitrogen and oxygen atoms in total. The van der Waals surface area contributed by atoms with Crippen LogP contribution in [-0.4, -0.2) is 48.3 Å². The van der Waals surface area contributed by atoms with E-state index < -0.39 is 35.5 Å². The number of nitriles is 1. The number of nitrogens with zero attached hydrogens (tertiary/aromatic N) is 1. The molecular formula is C20H26N6O3. The van der Waals surface area contributed by atoms with Gasteiger partial charge in [-0.25, -0.2) is 0 Å². The van der Waals surface area contributed by atoms with Gasteiger partial charge in [-0.2, -0.15) is 5.26 Å². The van der Waals surface area contributed by atoms with Gasteiger partial charge in [-0.1, -0.05) is 44.2 Å². The zero-order valence-corrected chi connectivity index (χ0v) is 16.5. The largest absolute Gasteiger partial charge is 0.342 e. The second kappa shape index (κ2) is 12.0. The Labute approximate surface area is 169 Å². The zero-order chi connectivity index (χ0) is 21.8. The highest BCUT2D eigenvalue weighted by molar-refractivity contribution is 6.59. The fourth-order valence-electron chi connectivity index (χ4n) is 2.59. The van der Waals surface area contributed by atoms with Gasteiger partial charge in [0.25, 0.3) is 5.91 Å². The molecule has 0 radical (unpaired) electrons. The molecule has 1 rings (SSSR count). The lowest BCUT2D eigenvalue weighted by Crippen LogP contribution is -2.55. The topological polar surface area (TPSA) is 159 Å². The molecule has 0 fully saturated rings. The number of carbonyl (C=O) groups is 3. The van der Waals surface area contributed by atoms with Crippen molar-refractivity contribution in [1.29, 1.82) is 16.1 Å². The quantitative estimate of drug-likeness (QED) is 0.272. The predicted octanol–water partition coefficient (Wildman–Crippen LogP) is 0.554. The number of rotatable bonds is 11. The van der Waals surface area contributed by atoms with Crippen molar-refractivity contribution in [3.8, 4) is 6.07 Å².